The highest BCUT2D eigenvalue weighted by Crippen LogP contribution is 2.17. The quantitative estimate of drug-likeness (QED) is 0.857. The minimum Gasteiger partial charge on any atom is -0.453 e. The topological polar surface area (TPSA) is 67.4 Å². The van der Waals surface area contributed by atoms with Crippen LogP contribution in [0.3, 0.4) is 0 Å². The Kier molecular flexibility index (Phi) is 5.85. The number of amides is 2. The number of carbonyl (C=O) groups excluding carboxylic acids is 2. The molecule has 5 nitrogen and oxygen atoms in total. The van der Waals surface area contributed by atoms with E-state index in [2.05, 4.69) is 15.4 Å². The van der Waals surface area contributed by atoms with Gasteiger partial charge in [-0.1, -0.05) is 26.3 Å². The van der Waals surface area contributed by atoms with Crippen LogP contribution in [0.2, 0.25) is 0 Å². The van der Waals surface area contributed by atoms with E-state index in [0.29, 0.717) is 11.4 Å². The lowest BCUT2D eigenvalue weighted by Gasteiger charge is -2.12. The predicted molar refractivity (Wildman–Crippen MR) is 75.2 cm³/mol. The molecule has 0 aromatic heterocycles. The molecule has 1 atom stereocenters. The molecule has 2 N–H and O–H groups in total. The number of hydrogen-bond acceptors (Lipinski definition) is 3. The van der Waals surface area contributed by atoms with Crippen LogP contribution in [-0.4, -0.2) is 19.1 Å². The summed E-state index contributed by atoms with van der Waals surface area (Å²) in [6.45, 7) is 3.94. The van der Waals surface area contributed by atoms with E-state index in [1.807, 2.05) is 13.8 Å². The van der Waals surface area contributed by atoms with Crippen molar-refractivity contribution in [2.24, 2.45) is 5.92 Å². The predicted octanol–water partition coefficient (Wildman–Crippen LogP) is 3.24. The van der Waals surface area contributed by atoms with E-state index in [1.165, 1.54) is 7.11 Å². The van der Waals surface area contributed by atoms with Crippen LogP contribution in [-0.2, 0) is 9.53 Å². The van der Waals surface area contributed by atoms with Gasteiger partial charge in [-0.3, -0.25) is 10.1 Å². The maximum atomic E-state index is 11.9. The van der Waals surface area contributed by atoms with E-state index >= 15 is 0 Å². The minimum absolute atomic E-state index is 0.0166. The highest BCUT2D eigenvalue weighted by molar-refractivity contribution is 5.93. The van der Waals surface area contributed by atoms with Crippen molar-refractivity contribution in [3.63, 3.8) is 0 Å². The van der Waals surface area contributed by atoms with Gasteiger partial charge in [-0.05, 0) is 24.6 Å². The van der Waals surface area contributed by atoms with Crippen LogP contribution in [0.5, 0.6) is 0 Å². The van der Waals surface area contributed by atoms with Crippen molar-refractivity contribution in [2.45, 2.75) is 26.7 Å². The van der Waals surface area contributed by atoms with Crippen molar-refractivity contribution in [1.82, 2.24) is 0 Å². The van der Waals surface area contributed by atoms with Crippen molar-refractivity contribution >= 4 is 23.4 Å². The molecular formula is C14H20N2O3. The van der Waals surface area contributed by atoms with Crippen LogP contribution >= 0.6 is 0 Å². The zero-order valence-corrected chi connectivity index (χ0v) is 11.5. The molecular weight excluding hydrogens is 244 g/mol. The Morgan fingerprint density at radius 3 is 2.47 bits per heavy atom. The molecule has 0 aliphatic heterocycles. The van der Waals surface area contributed by atoms with Gasteiger partial charge in [-0.2, -0.15) is 0 Å². The highest BCUT2D eigenvalue weighted by atomic mass is 16.5. The van der Waals surface area contributed by atoms with Gasteiger partial charge in [-0.25, -0.2) is 4.79 Å². The SMILES string of the molecule is CCCC(C)C(=O)Nc1cccc(NC(=O)OC)c1. The summed E-state index contributed by atoms with van der Waals surface area (Å²) in [5, 5.41) is 5.37. The fourth-order valence-electron chi connectivity index (χ4n) is 1.67. The van der Waals surface area contributed by atoms with Gasteiger partial charge in [0.1, 0.15) is 0 Å². The number of carbonyl (C=O) groups is 2. The van der Waals surface area contributed by atoms with E-state index in [0.717, 1.165) is 12.8 Å². The fraction of sp³-hybridized carbons (Fsp3) is 0.429. The molecule has 2 amide bonds. The lowest BCUT2D eigenvalue weighted by Crippen LogP contribution is -2.20. The molecule has 0 fully saturated rings. The maximum absolute atomic E-state index is 11.9. The zero-order chi connectivity index (χ0) is 14.3. The lowest BCUT2D eigenvalue weighted by molar-refractivity contribution is -0.119. The molecule has 0 saturated heterocycles. The second-order valence-corrected chi connectivity index (χ2v) is 4.38. The maximum Gasteiger partial charge on any atom is 0.411 e. The minimum atomic E-state index is -0.539. The third kappa shape index (κ3) is 4.99. The van der Waals surface area contributed by atoms with Crippen molar-refractivity contribution in [1.29, 1.82) is 0 Å². The number of rotatable bonds is 5. The van der Waals surface area contributed by atoms with E-state index in [-0.39, 0.29) is 11.8 Å². The summed E-state index contributed by atoms with van der Waals surface area (Å²) < 4.78 is 4.51. The average molecular weight is 264 g/mol. The van der Waals surface area contributed by atoms with Gasteiger partial charge in [-0.15, -0.1) is 0 Å². The number of hydrogen-bond donors (Lipinski definition) is 2. The fourth-order valence-corrected chi connectivity index (χ4v) is 1.67. The smallest absolute Gasteiger partial charge is 0.411 e. The van der Waals surface area contributed by atoms with Gasteiger partial charge < -0.3 is 10.1 Å². The van der Waals surface area contributed by atoms with E-state index < -0.39 is 6.09 Å². The lowest BCUT2D eigenvalue weighted by atomic mass is 10.1. The third-order valence-corrected chi connectivity index (χ3v) is 2.73. The summed E-state index contributed by atoms with van der Waals surface area (Å²) >= 11 is 0. The molecule has 0 heterocycles. The van der Waals surface area contributed by atoms with Crippen LogP contribution in [0.4, 0.5) is 16.2 Å². The number of benzene rings is 1. The zero-order valence-electron chi connectivity index (χ0n) is 11.5. The van der Waals surface area contributed by atoms with Crippen LogP contribution in [0.1, 0.15) is 26.7 Å². The summed E-state index contributed by atoms with van der Waals surface area (Å²) in [7, 11) is 1.30. The largest absolute Gasteiger partial charge is 0.453 e. The first kappa shape index (κ1) is 15.0. The third-order valence-electron chi connectivity index (χ3n) is 2.73. The van der Waals surface area contributed by atoms with Crippen LogP contribution in [0, 0.1) is 5.92 Å². The average Bonchev–Trinajstić information content (AvgIpc) is 2.39. The van der Waals surface area contributed by atoms with Gasteiger partial charge in [0.15, 0.2) is 0 Å². The van der Waals surface area contributed by atoms with Crippen molar-refractivity contribution in [3.8, 4) is 0 Å². The molecule has 1 aromatic carbocycles. The Morgan fingerprint density at radius 1 is 1.26 bits per heavy atom. The van der Waals surface area contributed by atoms with Gasteiger partial charge in [0.25, 0.3) is 0 Å². The molecule has 1 aromatic rings. The molecule has 0 bridgehead atoms. The van der Waals surface area contributed by atoms with Crippen molar-refractivity contribution in [2.75, 3.05) is 17.7 Å². The Hall–Kier alpha value is -2.04. The summed E-state index contributed by atoms with van der Waals surface area (Å²) in [5.41, 5.74) is 1.23. The number of nitrogens with one attached hydrogen (secondary N) is 2. The first-order valence-electron chi connectivity index (χ1n) is 6.32. The summed E-state index contributed by atoms with van der Waals surface area (Å²) in [5.74, 6) is -0.0423. The number of methoxy groups -OCH3 is 1. The number of ether oxygens (including phenoxy) is 1. The molecule has 1 rings (SSSR count). The molecule has 19 heavy (non-hydrogen) atoms. The molecule has 0 radical (unpaired) electrons. The van der Waals surface area contributed by atoms with Gasteiger partial charge >= 0.3 is 6.09 Å². The molecule has 1 unspecified atom stereocenters. The number of anilines is 2. The van der Waals surface area contributed by atoms with Crippen LogP contribution in [0.25, 0.3) is 0 Å². The first-order chi connectivity index (χ1) is 9.06. The van der Waals surface area contributed by atoms with Crippen LogP contribution < -0.4 is 10.6 Å². The second kappa shape index (κ2) is 7.41. The summed E-state index contributed by atoms with van der Waals surface area (Å²) in [6, 6.07) is 6.94. The molecule has 104 valence electrons. The Labute approximate surface area is 113 Å². The monoisotopic (exact) mass is 264 g/mol. The van der Waals surface area contributed by atoms with Gasteiger partial charge in [0.2, 0.25) is 5.91 Å². The molecule has 0 aliphatic rings. The normalized spacial score (nSPS) is 11.5. The molecule has 5 heteroatoms. The van der Waals surface area contributed by atoms with Gasteiger partial charge in [0.05, 0.1) is 7.11 Å². The summed E-state index contributed by atoms with van der Waals surface area (Å²) in [4.78, 5) is 23.0. The Morgan fingerprint density at radius 2 is 1.89 bits per heavy atom. The van der Waals surface area contributed by atoms with Crippen molar-refractivity contribution < 1.29 is 14.3 Å². The van der Waals surface area contributed by atoms with E-state index in [4.69, 9.17) is 0 Å². The van der Waals surface area contributed by atoms with Crippen LogP contribution in [0.15, 0.2) is 24.3 Å². The highest BCUT2D eigenvalue weighted by Gasteiger charge is 2.12. The Bertz CT molecular complexity index is 446. The first-order valence-corrected chi connectivity index (χ1v) is 6.32. The summed E-state index contributed by atoms with van der Waals surface area (Å²) in [6.07, 6.45) is 1.28. The molecule has 0 saturated carbocycles. The standard InChI is InChI=1S/C14H20N2O3/c1-4-6-10(2)13(17)15-11-7-5-8-12(9-11)16-14(18)19-3/h5,7-10H,4,6H2,1-3H3,(H,15,17)(H,16,18). The second-order valence-electron chi connectivity index (χ2n) is 4.38. The van der Waals surface area contributed by atoms with E-state index in [9.17, 15) is 9.59 Å². The van der Waals surface area contributed by atoms with Gasteiger partial charge in [0, 0.05) is 17.3 Å². The molecule has 0 spiro atoms. The van der Waals surface area contributed by atoms with E-state index in [1.54, 1.807) is 24.3 Å². The Balaban J connectivity index is 2.66. The molecule has 0 aliphatic carbocycles. The van der Waals surface area contributed by atoms with Crippen molar-refractivity contribution in [3.05, 3.63) is 24.3 Å².